The van der Waals surface area contributed by atoms with E-state index in [-0.39, 0.29) is 0 Å². The van der Waals surface area contributed by atoms with Crippen LogP contribution < -0.4 is 9.47 Å². The van der Waals surface area contributed by atoms with Gasteiger partial charge in [-0.2, -0.15) is 0 Å². The van der Waals surface area contributed by atoms with Gasteiger partial charge in [-0.3, -0.25) is 0 Å². The topological polar surface area (TPSA) is 18.5 Å². The van der Waals surface area contributed by atoms with Gasteiger partial charge < -0.3 is 9.47 Å². The average molecular weight is 328 g/mol. The monoisotopic (exact) mass is 328 g/mol. The second-order valence-corrected chi connectivity index (χ2v) is 6.24. The smallest absolute Gasteiger partial charge is 0.127 e. The molecule has 4 rings (SSSR count). The Kier molecular flexibility index (Phi) is 4.02. The molecule has 0 bridgehead atoms. The zero-order valence-corrected chi connectivity index (χ0v) is 14.5. The molecule has 3 aromatic carbocycles. The predicted octanol–water partition coefficient (Wildman–Crippen LogP) is 5.36. The van der Waals surface area contributed by atoms with Gasteiger partial charge in [0, 0.05) is 11.1 Å². The fourth-order valence-corrected chi connectivity index (χ4v) is 3.32. The molecule has 0 atom stereocenters. The first kappa shape index (κ1) is 15.5. The molecule has 3 aromatic rings. The summed E-state index contributed by atoms with van der Waals surface area (Å²) >= 11 is 0. The van der Waals surface area contributed by atoms with E-state index in [0.717, 1.165) is 11.5 Å². The molecular weight excluding hydrogens is 308 g/mol. The summed E-state index contributed by atoms with van der Waals surface area (Å²) in [5, 5.41) is 0. The largest absolute Gasteiger partial charge is 0.497 e. The van der Waals surface area contributed by atoms with Gasteiger partial charge in [0.15, 0.2) is 0 Å². The third-order valence-corrected chi connectivity index (χ3v) is 4.58. The van der Waals surface area contributed by atoms with E-state index >= 15 is 0 Å². The summed E-state index contributed by atoms with van der Waals surface area (Å²) in [5.41, 5.74) is 7.24. The van der Waals surface area contributed by atoms with Gasteiger partial charge in [-0.05, 0) is 47.9 Å². The Bertz CT molecular complexity index is 922. The number of benzene rings is 3. The highest BCUT2D eigenvalue weighted by atomic mass is 16.5. The van der Waals surface area contributed by atoms with Crippen LogP contribution in [0.2, 0.25) is 0 Å². The van der Waals surface area contributed by atoms with Crippen LogP contribution >= 0.6 is 0 Å². The maximum atomic E-state index is 5.95. The van der Waals surface area contributed by atoms with Gasteiger partial charge in [0.25, 0.3) is 0 Å². The molecule has 0 unspecified atom stereocenters. The first-order valence-electron chi connectivity index (χ1n) is 8.43. The summed E-state index contributed by atoms with van der Waals surface area (Å²) in [6, 6.07) is 25.1. The first-order chi connectivity index (χ1) is 12.3. The SMILES string of the molecule is COc1ccc(/C(=C2/COc3ccc(C)cc32)c2ccccc2)cc1. The molecule has 2 nitrogen and oxygen atoms in total. The van der Waals surface area contributed by atoms with Crippen molar-refractivity contribution in [2.24, 2.45) is 0 Å². The first-order valence-corrected chi connectivity index (χ1v) is 8.43. The van der Waals surface area contributed by atoms with Crippen LogP contribution in [0, 0.1) is 6.92 Å². The standard InChI is InChI=1S/C23H20O2/c1-16-8-13-22-20(14-16)21(15-25-22)23(17-6-4-3-5-7-17)18-9-11-19(24-2)12-10-18/h3-14H,15H2,1-2H3/b23-21-. The minimum Gasteiger partial charge on any atom is -0.497 e. The molecule has 0 N–H and O–H groups in total. The lowest BCUT2D eigenvalue weighted by atomic mass is 9.90. The fourth-order valence-electron chi connectivity index (χ4n) is 3.32. The minimum absolute atomic E-state index is 0.592. The summed E-state index contributed by atoms with van der Waals surface area (Å²) in [6.07, 6.45) is 0. The lowest BCUT2D eigenvalue weighted by molar-refractivity contribution is 0.388. The molecule has 0 saturated carbocycles. The van der Waals surface area contributed by atoms with E-state index in [1.165, 1.54) is 33.4 Å². The lowest BCUT2D eigenvalue weighted by Crippen LogP contribution is -1.97. The Morgan fingerprint density at radius 1 is 0.880 bits per heavy atom. The number of rotatable bonds is 3. The van der Waals surface area contributed by atoms with Crippen molar-refractivity contribution in [1.29, 1.82) is 0 Å². The minimum atomic E-state index is 0.592. The number of ether oxygens (including phenoxy) is 2. The fraction of sp³-hybridized carbons (Fsp3) is 0.130. The van der Waals surface area contributed by atoms with Crippen molar-refractivity contribution in [2.75, 3.05) is 13.7 Å². The quantitative estimate of drug-likeness (QED) is 0.645. The average Bonchev–Trinajstić information content (AvgIpc) is 3.06. The third-order valence-electron chi connectivity index (χ3n) is 4.58. The summed E-state index contributed by atoms with van der Waals surface area (Å²) in [4.78, 5) is 0. The van der Waals surface area contributed by atoms with Crippen LogP contribution in [-0.2, 0) is 0 Å². The van der Waals surface area contributed by atoms with E-state index in [2.05, 4.69) is 61.5 Å². The number of fused-ring (bicyclic) bond motifs is 1. The number of methoxy groups -OCH3 is 1. The molecule has 0 amide bonds. The molecule has 0 radical (unpaired) electrons. The van der Waals surface area contributed by atoms with Crippen molar-refractivity contribution in [3.05, 3.63) is 95.1 Å². The molecule has 0 spiro atoms. The van der Waals surface area contributed by atoms with Gasteiger partial charge in [0.05, 0.1) is 7.11 Å². The Morgan fingerprint density at radius 2 is 1.60 bits per heavy atom. The lowest BCUT2D eigenvalue weighted by Gasteiger charge is -2.13. The summed E-state index contributed by atoms with van der Waals surface area (Å²) in [5.74, 6) is 1.82. The van der Waals surface area contributed by atoms with Crippen molar-refractivity contribution in [3.63, 3.8) is 0 Å². The Hall–Kier alpha value is -3.00. The number of hydrogen-bond acceptors (Lipinski definition) is 2. The van der Waals surface area contributed by atoms with Crippen LogP contribution in [0.5, 0.6) is 11.5 Å². The van der Waals surface area contributed by atoms with Crippen LogP contribution in [0.3, 0.4) is 0 Å². The van der Waals surface area contributed by atoms with Gasteiger partial charge in [0.1, 0.15) is 18.1 Å². The van der Waals surface area contributed by atoms with Crippen molar-refractivity contribution >= 4 is 11.1 Å². The van der Waals surface area contributed by atoms with Gasteiger partial charge in [-0.25, -0.2) is 0 Å². The summed E-state index contributed by atoms with van der Waals surface area (Å²) in [7, 11) is 1.69. The van der Waals surface area contributed by atoms with E-state index < -0.39 is 0 Å². The van der Waals surface area contributed by atoms with Gasteiger partial charge >= 0.3 is 0 Å². The van der Waals surface area contributed by atoms with Gasteiger partial charge in [0.2, 0.25) is 0 Å². The molecule has 2 heteroatoms. The molecule has 0 fully saturated rings. The molecular formula is C23H20O2. The van der Waals surface area contributed by atoms with Crippen LogP contribution in [0.4, 0.5) is 0 Å². The number of hydrogen-bond donors (Lipinski definition) is 0. The Balaban J connectivity index is 1.95. The van der Waals surface area contributed by atoms with Crippen LogP contribution in [0.1, 0.15) is 22.3 Å². The number of aryl methyl sites for hydroxylation is 1. The van der Waals surface area contributed by atoms with Gasteiger partial charge in [-0.15, -0.1) is 0 Å². The van der Waals surface area contributed by atoms with Crippen LogP contribution in [0.15, 0.2) is 72.8 Å². The maximum absolute atomic E-state index is 5.95. The van der Waals surface area contributed by atoms with E-state index in [9.17, 15) is 0 Å². The van der Waals surface area contributed by atoms with Crippen molar-refractivity contribution in [3.8, 4) is 11.5 Å². The van der Waals surface area contributed by atoms with Crippen LogP contribution in [0.25, 0.3) is 11.1 Å². The molecule has 25 heavy (non-hydrogen) atoms. The van der Waals surface area contributed by atoms with Crippen molar-refractivity contribution < 1.29 is 9.47 Å². The highest BCUT2D eigenvalue weighted by molar-refractivity contribution is 6.01. The van der Waals surface area contributed by atoms with Crippen LogP contribution in [-0.4, -0.2) is 13.7 Å². The molecule has 1 heterocycles. The molecule has 0 aliphatic carbocycles. The highest BCUT2D eigenvalue weighted by Crippen LogP contribution is 2.41. The summed E-state index contributed by atoms with van der Waals surface area (Å²) in [6.45, 7) is 2.71. The third kappa shape index (κ3) is 2.91. The Labute approximate surface area is 148 Å². The molecule has 0 saturated heterocycles. The molecule has 1 aliphatic rings. The maximum Gasteiger partial charge on any atom is 0.127 e. The van der Waals surface area contributed by atoms with Crippen molar-refractivity contribution in [1.82, 2.24) is 0 Å². The highest BCUT2D eigenvalue weighted by Gasteiger charge is 2.23. The zero-order valence-electron chi connectivity index (χ0n) is 14.5. The van der Waals surface area contributed by atoms with E-state index in [1.807, 2.05) is 18.2 Å². The van der Waals surface area contributed by atoms with Crippen molar-refractivity contribution in [2.45, 2.75) is 6.92 Å². The second-order valence-electron chi connectivity index (χ2n) is 6.24. The van der Waals surface area contributed by atoms with Gasteiger partial charge in [-0.1, -0.05) is 54.1 Å². The molecule has 0 aromatic heterocycles. The summed E-state index contributed by atoms with van der Waals surface area (Å²) < 4.78 is 11.3. The molecule has 124 valence electrons. The predicted molar refractivity (Wildman–Crippen MR) is 102 cm³/mol. The molecule has 1 aliphatic heterocycles. The second kappa shape index (κ2) is 6.48. The van der Waals surface area contributed by atoms with E-state index in [1.54, 1.807) is 7.11 Å². The van der Waals surface area contributed by atoms with E-state index in [4.69, 9.17) is 9.47 Å². The van der Waals surface area contributed by atoms with E-state index in [0.29, 0.717) is 6.61 Å². The Morgan fingerprint density at radius 3 is 2.32 bits per heavy atom. The zero-order chi connectivity index (χ0) is 17.2. The normalized spacial score (nSPS) is 14.6.